The number of fused-ring (bicyclic) bond motifs is 1. The Kier molecular flexibility index (Phi) is 6.43. The number of aromatic nitrogens is 4. The lowest BCUT2D eigenvalue weighted by Crippen LogP contribution is -2.30. The van der Waals surface area contributed by atoms with Crippen LogP contribution in [0.5, 0.6) is 5.75 Å². The summed E-state index contributed by atoms with van der Waals surface area (Å²) in [6.45, 7) is 2.24. The number of ether oxygens (including phenoxy) is 1. The Balaban J connectivity index is 1.63. The number of nitrogens with one attached hydrogen (secondary N) is 1. The lowest BCUT2D eigenvalue weighted by atomic mass is 10.1. The van der Waals surface area contributed by atoms with Crippen molar-refractivity contribution in [1.29, 1.82) is 0 Å². The largest absolute Gasteiger partial charge is 0.492 e. The number of likely N-dealkylation sites (tertiary alicyclic amines) is 1. The van der Waals surface area contributed by atoms with Gasteiger partial charge in [0.05, 0.1) is 13.2 Å². The molecule has 0 radical (unpaired) electrons. The predicted octanol–water partition coefficient (Wildman–Crippen LogP) is 3.32. The molecule has 2 amide bonds. The van der Waals surface area contributed by atoms with Gasteiger partial charge in [-0.05, 0) is 43.9 Å². The molecule has 0 bridgehead atoms. The quantitative estimate of drug-likeness (QED) is 0.407. The van der Waals surface area contributed by atoms with Crippen molar-refractivity contribution in [2.45, 2.75) is 25.8 Å². The predicted molar refractivity (Wildman–Crippen MR) is 139 cm³/mol. The molecule has 1 saturated heterocycles. The number of benzene rings is 1. The summed E-state index contributed by atoms with van der Waals surface area (Å²) in [6.07, 6.45) is 6.51. The molecule has 0 unspecified atom stereocenters. The van der Waals surface area contributed by atoms with E-state index in [2.05, 4.69) is 27.1 Å². The molecule has 4 heterocycles. The van der Waals surface area contributed by atoms with Crippen molar-refractivity contribution in [2.75, 3.05) is 24.7 Å². The first kappa shape index (κ1) is 23.8. The van der Waals surface area contributed by atoms with Crippen LogP contribution in [0.15, 0.2) is 55.0 Å². The highest BCUT2D eigenvalue weighted by molar-refractivity contribution is 6.05. The summed E-state index contributed by atoms with van der Waals surface area (Å²) in [4.78, 5) is 40.8. The van der Waals surface area contributed by atoms with Gasteiger partial charge in [0.15, 0.2) is 11.6 Å². The maximum atomic E-state index is 12.8. The average Bonchev–Trinajstić information content (AvgIpc) is 3.55. The Hall–Kier alpha value is -4.91. The molecule has 0 aliphatic carbocycles. The number of rotatable bonds is 5. The number of pyridine rings is 1. The number of anilines is 2. The topological polar surface area (TPSA) is 128 Å². The Morgan fingerprint density at radius 1 is 1.16 bits per heavy atom. The summed E-state index contributed by atoms with van der Waals surface area (Å²) in [6, 6.07) is 10.3. The van der Waals surface area contributed by atoms with Gasteiger partial charge in [0, 0.05) is 36.3 Å². The standard InChI is InChI=1S/C27H25N7O3/c1-3-8-20(35)33-15-7-11-19(33)26-31-21(22-24(28)29-14-16-34(22)26)18-12-13-30-25(23(18)37-2)32-27(36)17-9-5-4-6-10-17/h4-6,9-10,12-14,16,19H,7,11,15H2,1-2H3,(H2,28,29)(H,30,32,36)/t19-/m0/s1. The molecule has 4 aromatic rings. The summed E-state index contributed by atoms with van der Waals surface area (Å²) in [5.41, 5.74) is 8.48. The molecule has 3 aromatic heterocycles. The number of carbonyl (C=O) groups excluding carboxylic acids is 2. The van der Waals surface area contributed by atoms with Crippen LogP contribution in [0.1, 0.15) is 42.0 Å². The van der Waals surface area contributed by atoms with Gasteiger partial charge < -0.3 is 20.7 Å². The van der Waals surface area contributed by atoms with Crippen LogP contribution in [0.4, 0.5) is 11.6 Å². The number of amides is 2. The molecular formula is C27H25N7O3. The van der Waals surface area contributed by atoms with Gasteiger partial charge in [0.25, 0.3) is 11.8 Å². The van der Waals surface area contributed by atoms with Gasteiger partial charge in [-0.25, -0.2) is 15.0 Å². The maximum absolute atomic E-state index is 12.8. The van der Waals surface area contributed by atoms with E-state index in [1.807, 2.05) is 10.5 Å². The second-order valence-corrected chi connectivity index (χ2v) is 8.44. The van der Waals surface area contributed by atoms with E-state index in [0.717, 1.165) is 12.8 Å². The third-order valence-electron chi connectivity index (χ3n) is 6.29. The van der Waals surface area contributed by atoms with Gasteiger partial charge in [0.2, 0.25) is 0 Å². The second kappa shape index (κ2) is 9.99. The van der Waals surface area contributed by atoms with Crippen LogP contribution < -0.4 is 15.8 Å². The first-order valence-electron chi connectivity index (χ1n) is 11.8. The fourth-order valence-corrected chi connectivity index (χ4v) is 4.67. The van der Waals surface area contributed by atoms with Crippen LogP contribution >= 0.6 is 0 Å². The van der Waals surface area contributed by atoms with Crippen LogP contribution in [-0.2, 0) is 4.79 Å². The normalized spacial score (nSPS) is 14.8. The lowest BCUT2D eigenvalue weighted by Gasteiger charge is -2.21. The van der Waals surface area contributed by atoms with Gasteiger partial charge in [0.1, 0.15) is 22.9 Å². The smallest absolute Gasteiger partial charge is 0.299 e. The molecule has 1 aliphatic rings. The summed E-state index contributed by atoms with van der Waals surface area (Å²) >= 11 is 0. The molecule has 10 nitrogen and oxygen atoms in total. The van der Waals surface area contributed by atoms with Crippen molar-refractivity contribution in [1.82, 2.24) is 24.3 Å². The van der Waals surface area contributed by atoms with Crippen molar-refractivity contribution in [3.8, 4) is 28.8 Å². The maximum Gasteiger partial charge on any atom is 0.299 e. The number of nitrogen functional groups attached to an aromatic ring is 1. The third kappa shape index (κ3) is 4.31. The number of hydrogen-bond acceptors (Lipinski definition) is 7. The first-order chi connectivity index (χ1) is 18.0. The van der Waals surface area contributed by atoms with E-state index in [4.69, 9.17) is 15.5 Å². The highest BCUT2D eigenvalue weighted by Gasteiger charge is 2.34. The molecule has 1 aliphatic heterocycles. The fourth-order valence-electron chi connectivity index (χ4n) is 4.67. The minimum absolute atomic E-state index is 0.238. The van der Waals surface area contributed by atoms with Crippen LogP contribution in [0.25, 0.3) is 16.8 Å². The fraction of sp³-hybridized carbons (Fsp3) is 0.222. The van der Waals surface area contributed by atoms with Gasteiger partial charge in [-0.15, -0.1) is 0 Å². The number of hydrogen-bond donors (Lipinski definition) is 2. The SMILES string of the molecule is CC#CC(=O)N1CCC[C@H]1c1nc(-c2ccnc(NC(=O)c3ccccc3)c2OC)c2c(N)nccn12. The Morgan fingerprint density at radius 3 is 2.73 bits per heavy atom. The van der Waals surface area contributed by atoms with Crippen molar-refractivity contribution in [3.05, 3.63) is 66.4 Å². The van der Waals surface area contributed by atoms with E-state index in [9.17, 15) is 9.59 Å². The minimum atomic E-state index is -0.322. The summed E-state index contributed by atoms with van der Waals surface area (Å²) < 4.78 is 7.57. The van der Waals surface area contributed by atoms with Gasteiger partial charge in [-0.3, -0.25) is 14.0 Å². The van der Waals surface area contributed by atoms with Crippen LogP contribution in [0.3, 0.4) is 0 Å². The average molecular weight is 496 g/mol. The number of imidazole rings is 1. The van der Waals surface area contributed by atoms with Gasteiger partial charge >= 0.3 is 0 Å². The van der Waals surface area contributed by atoms with Gasteiger partial charge in [-0.1, -0.05) is 24.1 Å². The minimum Gasteiger partial charge on any atom is -0.492 e. The summed E-state index contributed by atoms with van der Waals surface area (Å²) in [7, 11) is 1.50. The molecule has 5 rings (SSSR count). The third-order valence-corrected chi connectivity index (χ3v) is 6.29. The zero-order valence-corrected chi connectivity index (χ0v) is 20.4. The van der Waals surface area contributed by atoms with E-state index < -0.39 is 0 Å². The Bertz CT molecular complexity index is 1550. The molecule has 1 atom stereocenters. The molecule has 3 N–H and O–H groups in total. The summed E-state index contributed by atoms with van der Waals surface area (Å²) in [5.74, 6) is 6.26. The van der Waals surface area contributed by atoms with E-state index >= 15 is 0 Å². The van der Waals surface area contributed by atoms with Crippen molar-refractivity contribution in [2.24, 2.45) is 0 Å². The zero-order chi connectivity index (χ0) is 25.9. The molecule has 0 saturated carbocycles. The Labute approximate surface area is 213 Å². The summed E-state index contributed by atoms with van der Waals surface area (Å²) in [5, 5.41) is 2.82. The highest BCUT2D eigenvalue weighted by Crippen LogP contribution is 2.41. The number of carbonyl (C=O) groups is 2. The van der Waals surface area contributed by atoms with Crippen molar-refractivity contribution < 1.29 is 14.3 Å². The highest BCUT2D eigenvalue weighted by atomic mass is 16.5. The molecule has 1 fully saturated rings. The Morgan fingerprint density at radius 2 is 1.97 bits per heavy atom. The molecule has 10 heteroatoms. The van der Waals surface area contributed by atoms with E-state index in [1.54, 1.807) is 60.7 Å². The second-order valence-electron chi connectivity index (χ2n) is 8.44. The molecule has 37 heavy (non-hydrogen) atoms. The number of nitrogens with zero attached hydrogens (tertiary/aromatic N) is 5. The molecule has 186 valence electrons. The molecule has 1 aromatic carbocycles. The molecular weight excluding hydrogens is 470 g/mol. The first-order valence-corrected chi connectivity index (χ1v) is 11.8. The molecule has 0 spiro atoms. The lowest BCUT2D eigenvalue weighted by molar-refractivity contribution is -0.126. The van der Waals surface area contributed by atoms with Crippen molar-refractivity contribution in [3.63, 3.8) is 0 Å². The van der Waals surface area contributed by atoms with Gasteiger partial charge in [-0.2, -0.15) is 0 Å². The van der Waals surface area contributed by atoms with E-state index in [1.165, 1.54) is 7.11 Å². The number of methoxy groups -OCH3 is 1. The van der Waals surface area contributed by atoms with Crippen LogP contribution in [0, 0.1) is 11.8 Å². The van der Waals surface area contributed by atoms with E-state index in [-0.39, 0.29) is 29.5 Å². The number of nitrogens with two attached hydrogens (primary N) is 1. The van der Waals surface area contributed by atoms with E-state index in [0.29, 0.717) is 40.5 Å². The van der Waals surface area contributed by atoms with Crippen LogP contribution in [0.2, 0.25) is 0 Å². The van der Waals surface area contributed by atoms with Crippen molar-refractivity contribution >= 4 is 29.0 Å². The van der Waals surface area contributed by atoms with Crippen LogP contribution in [-0.4, -0.2) is 49.7 Å². The zero-order valence-electron chi connectivity index (χ0n) is 20.4. The monoisotopic (exact) mass is 495 g/mol.